The van der Waals surface area contributed by atoms with E-state index >= 15 is 8.42 Å². The maximum absolute atomic E-state index is 15.4. The van der Waals surface area contributed by atoms with Crippen molar-refractivity contribution in [1.29, 1.82) is 0 Å². The monoisotopic (exact) mass is 721 g/mol. The molecule has 6 aliphatic rings. The molecule has 1 amide bonds. The molecule has 13 heteroatoms. The summed E-state index contributed by atoms with van der Waals surface area (Å²) in [4.78, 5) is 15.9. The standard InChI is InChI=1S/C37H47N5O6S2/c1-39(2)50(46,47)38-36(43)23-10-12-28-33(14-23)41-21-37(49(44,45)42-20-25-16-32(42)24-15-31(25)40(3)19-24)18-30(37)29-17-26(48-4)11-13-27(29)35(41)34(28)22-8-6-5-7-9-22/h10-14,17,22,24-25,30-32H,5-9,15-16,18-21H2,1-4H3,(H,38,43)/t24?,25?,30?,31?,32-,37?/m1/s1. The van der Waals surface area contributed by atoms with Crippen LogP contribution in [0.5, 0.6) is 5.75 Å². The average molecular weight is 722 g/mol. The quantitative estimate of drug-likeness (QED) is 0.382. The molecule has 5 fully saturated rings. The van der Waals surface area contributed by atoms with E-state index in [4.69, 9.17) is 4.74 Å². The van der Waals surface area contributed by atoms with Crippen molar-refractivity contribution >= 4 is 37.0 Å². The Balaban J connectivity index is 1.23. The number of ether oxygens (including phenoxy) is 1. The Morgan fingerprint density at radius 2 is 1.70 bits per heavy atom. The molecule has 11 nitrogen and oxygen atoms in total. The van der Waals surface area contributed by atoms with Gasteiger partial charge in [0.15, 0.2) is 0 Å². The second-order valence-electron chi connectivity index (χ2n) is 16.0. The van der Waals surface area contributed by atoms with E-state index in [2.05, 4.69) is 33.4 Å². The van der Waals surface area contributed by atoms with Gasteiger partial charge >= 0.3 is 10.2 Å². The number of hydrogen-bond acceptors (Lipinski definition) is 7. The van der Waals surface area contributed by atoms with Crippen LogP contribution in [0.25, 0.3) is 22.2 Å². The molecule has 3 saturated carbocycles. The Hall–Kier alpha value is -2.97. The van der Waals surface area contributed by atoms with Gasteiger partial charge in [0, 0.05) is 73.8 Å². The molecule has 3 aliphatic carbocycles. The summed E-state index contributed by atoms with van der Waals surface area (Å²) < 4.78 is 67.9. The van der Waals surface area contributed by atoms with Gasteiger partial charge in [-0.15, -0.1) is 0 Å². The Morgan fingerprint density at radius 3 is 2.44 bits per heavy atom. The molecule has 268 valence electrons. The lowest BCUT2D eigenvalue weighted by atomic mass is 9.81. The number of sulfonamides is 1. The maximum Gasteiger partial charge on any atom is 0.303 e. The Labute approximate surface area is 295 Å². The molecule has 6 atom stereocenters. The zero-order valence-corrected chi connectivity index (χ0v) is 30.9. The van der Waals surface area contributed by atoms with Gasteiger partial charge < -0.3 is 14.2 Å². The largest absolute Gasteiger partial charge is 0.497 e. The SMILES string of the molecule is COc1ccc2c(c1)C1CC1(S(=O)(=O)N1CC3C[C@@H]1C1CC3N(C)C1)Cn1c-2c(C2CCCCC2)c2ccc(C(=O)NS(=O)(=O)N(C)C)cc21. The third kappa shape index (κ3) is 4.65. The maximum atomic E-state index is 15.4. The van der Waals surface area contributed by atoms with Crippen molar-refractivity contribution in [3.05, 3.63) is 53.1 Å². The smallest absolute Gasteiger partial charge is 0.303 e. The zero-order valence-electron chi connectivity index (χ0n) is 29.3. The summed E-state index contributed by atoms with van der Waals surface area (Å²) in [5, 5.41) is 1.00. The Morgan fingerprint density at radius 1 is 0.960 bits per heavy atom. The molecule has 5 unspecified atom stereocenters. The minimum absolute atomic E-state index is 0.0301. The van der Waals surface area contributed by atoms with Crippen molar-refractivity contribution in [2.45, 2.75) is 86.6 Å². The highest BCUT2D eigenvalue weighted by atomic mass is 32.2. The van der Waals surface area contributed by atoms with E-state index in [-0.39, 0.29) is 24.1 Å². The lowest BCUT2D eigenvalue weighted by Gasteiger charge is -2.33. The first-order chi connectivity index (χ1) is 23.8. The molecule has 1 aromatic heterocycles. The van der Waals surface area contributed by atoms with Gasteiger partial charge in [-0.1, -0.05) is 25.3 Å². The minimum atomic E-state index is -4.01. The fraction of sp³-hybridized carbons (Fsp3) is 0.595. The molecule has 3 aliphatic heterocycles. The fourth-order valence-electron chi connectivity index (χ4n) is 10.7. The van der Waals surface area contributed by atoms with Crippen LogP contribution in [0.3, 0.4) is 0 Å². The number of likely N-dealkylation sites (tertiary alicyclic amines) is 1. The number of amides is 1. The van der Waals surface area contributed by atoms with E-state index in [1.165, 1.54) is 26.1 Å². The summed E-state index contributed by atoms with van der Waals surface area (Å²) in [5.41, 5.74) is 5.29. The predicted octanol–water partition coefficient (Wildman–Crippen LogP) is 4.49. The molecule has 2 saturated heterocycles. The summed E-state index contributed by atoms with van der Waals surface area (Å²) in [6, 6.07) is 12.0. The van der Waals surface area contributed by atoms with Crippen LogP contribution < -0.4 is 9.46 Å². The Kier molecular flexibility index (Phi) is 7.41. The summed E-state index contributed by atoms with van der Waals surface area (Å²) >= 11 is 0. The van der Waals surface area contributed by atoms with Crippen LogP contribution in [0.15, 0.2) is 36.4 Å². The predicted molar refractivity (Wildman–Crippen MR) is 192 cm³/mol. The highest BCUT2D eigenvalue weighted by Gasteiger charge is 2.70. The molecule has 0 spiro atoms. The van der Waals surface area contributed by atoms with Crippen LogP contribution in [0.1, 0.15) is 84.7 Å². The first kappa shape index (κ1) is 32.9. The van der Waals surface area contributed by atoms with Crippen molar-refractivity contribution in [3.8, 4) is 17.0 Å². The van der Waals surface area contributed by atoms with Gasteiger partial charge in [0.2, 0.25) is 10.0 Å². The zero-order chi connectivity index (χ0) is 34.9. The lowest BCUT2D eigenvalue weighted by Crippen LogP contribution is -2.48. The van der Waals surface area contributed by atoms with Gasteiger partial charge in [0.25, 0.3) is 5.91 Å². The molecule has 0 radical (unpaired) electrons. The Bertz CT molecular complexity index is 2140. The van der Waals surface area contributed by atoms with Crippen molar-refractivity contribution in [2.75, 3.05) is 41.3 Å². The van der Waals surface area contributed by atoms with E-state index in [0.717, 1.165) is 77.1 Å². The summed E-state index contributed by atoms with van der Waals surface area (Å²) in [7, 11) is -1.19. The number of methoxy groups -OCH3 is 1. The van der Waals surface area contributed by atoms with Crippen LogP contribution in [0, 0.1) is 11.8 Å². The van der Waals surface area contributed by atoms with Crippen LogP contribution in [0.4, 0.5) is 0 Å². The van der Waals surface area contributed by atoms with Gasteiger partial charge in [-0.3, -0.25) is 4.79 Å². The highest BCUT2D eigenvalue weighted by molar-refractivity contribution is 7.91. The highest BCUT2D eigenvalue weighted by Crippen LogP contribution is 2.65. The number of carbonyl (C=O) groups excluding carboxylic acids is 1. The first-order valence-corrected chi connectivity index (χ1v) is 21.0. The average Bonchev–Trinajstić information content (AvgIpc) is 3.44. The fourth-order valence-corrected chi connectivity index (χ4v) is 13.9. The van der Waals surface area contributed by atoms with Gasteiger partial charge in [-0.25, -0.2) is 13.1 Å². The lowest BCUT2D eigenvalue weighted by molar-refractivity contribution is 0.0979. The van der Waals surface area contributed by atoms with Crippen molar-refractivity contribution in [2.24, 2.45) is 11.8 Å². The number of hydrogen-bond donors (Lipinski definition) is 1. The topological polar surface area (TPSA) is 121 Å². The van der Waals surface area contributed by atoms with E-state index < -0.39 is 30.9 Å². The number of fused-ring (bicyclic) bond motifs is 13. The second kappa shape index (κ2) is 11.3. The summed E-state index contributed by atoms with van der Waals surface area (Å²) in [6.45, 7) is 1.80. The number of benzene rings is 2. The van der Waals surface area contributed by atoms with Crippen LogP contribution >= 0.6 is 0 Å². The van der Waals surface area contributed by atoms with Crippen molar-refractivity contribution in [1.82, 2.24) is 22.8 Å². The first-order valence-electron chi connectivity index (χ1n) is 18.2. The summed E-state index contributed by atoms with van der Waals surface area (Å²) in [6.07, 6.45) is 8.07. The molecule has 3 aromatic rings. The molecular weight excluding hydrogens is 675 g/mol. The van der Waals surface area contributed by atoms with Crippen molar-refractivity contribution in [3.63, 3.8) is 0 Å². The molecule has 4 heterocycles. The molecule has 9 rings (SSSR count). The third-order valence-corrected chi connectivity index (χ3v) is 17.3. The van der Waals surface area contributed by atoms with Crippen LogP contribution in [-0.4, -0.2) is 99.0 Å². The number of nitrogens with one attached hydrogen (secondary N) is 1. The van der Waals surface area contributed by atoms with E-state index in [9.17, 15) is 13.2 Å². The van der Waals surface area contributed by atoms with Crippen molar-refractivity contribution < 1.29 is 26.4 Å². The van der Waals surface area contributed by atoms with Gasteiger partial charge in [0.1, 0.15) is 10.5 Å². The number of rotatable bonds is 7. The molecule has 1 N–H and O–H groups in total. The van der Waals surface area contributed by atoms with Crippen LogP contribution in [-0.2, 0) is 26.8 Å². The van der Waals surface area contributed by atoms with Gasteiger partial charge in [0.05, 0.1) is 12.8 Å². The van der Waals surface area contributed by atoms with Crippen LogP contribution in [0.2, 0.25) is 0 Å². The molecular formula is C37H47N5O6S2. The number of nitrogens with zero attached hydrogens (tertiary/aromatic N) is 4. The van der Waals surface area contributed by atoms with E-state index in [1.807, 2.05) is 16.4 Å². The number of carbonyl (C=O) groups is 1. The van der Waals surface area contributed by atoms with E-state index in [1.54, 1.807) is 19.2 Å². The normalized spacial score (nSPS) is 30.9. The van der Waals surface area contributed by atoms with Gasteiger partial charge in [-0.05, 0) is 98.4 Å². The minimum Gasteiger partial charge on any atom is -0.497 e. The second-order valence-corrected chi connectivity index (χ2v) is 20.2. The molecule has 4 bridgehead atoms. The number of aromatic nitrogens is 1. The third-order valence-electron chi connectivity index (χ3n) is 13.3. The molecule has 50 heavy (non-hydrogen) atoms. The molecule has 2 aromatic carbocycles. The van der Waals surface area contributed by atoms with E-state index in [0.29, 0.717) is 42.5 Å². The van der Waals surface area contributed by atoms with Gasteiger partial charge in [-0.2, -0.15) is 17.0 Å². The summed E-state index contributed by atoms with van der Waals surface area (Å²) in [5.74, 6) is 0.799.